The van der Waals surface area contributed by atoms with Crippen molar-refractivity contribution < 1.29 is 4.74 Å². The van der Waals surface area contributed by atoms with E-state index >= 15 is 0 Å². The molecule has 0 atom stereocenters. The minimum Gasteiger partial charge on any atom is -0.457 e. The van der Waals surface area contributed by atoms with Crippen LogP contribution in [0.1, 0.15) is 25.0 Å². The highest BCUT2D eigenvalue weighted by Gasteiger charge is 2.06. The molecule has 0 aliphatic carbocycles. The molecule has 0 unspecified atom stereocenters. The van der Waals surface area contributed by atoms with E-state index in [0.29, 0.717) is 10.9 Å². The Balaban J connectivity index is 2.12. The fraction of sp³-hybridized carbons (Fsp3) is 0.333. The molecule has 0 aliphatic rings. The Labute approximate surface area is 132 Å². The first-order valence-corrected chi connectivity index (χ1v) is 7.66. The largest absolute Gasteiger partial charge is 0.457 e. The summed E-state index contributed by atoms with van der Waals surface area (Å²) in [6.45, 7) is 8.30. The second-order valence-electron chi connectivity index (χ2n) is 5.69. The van der Waals surface area contributed by atoms with Crippen LogP contribution >= 0.6 is 11.6 Å². The van der Waals surface area contributed by atoms with Crippen LogP contribution in [0, 0.1) is 12.8 Å². The number of ether oxygens (including phenoxy) is 1. The lowest BCUT2D eigenvalue weighted by Gasteiger charge is -2.14. The molecule has 1 N–H and O–H groups in total. The van der Waals surface area contributed by atoms with Gasteiger partial charge < -0.3 is 10.1 Å². The second-order valence-corrected chi connectivity index (χ2v) is 6.13. The van der Waals surface area contributed by atoms with E-state index in [-0.39, 0.29) is 0 Å². The van der Waals surface area contributed by atoms with Crippen molar-refractivity contribution in [1.82, 2.24) is 5.32 Å². The molecule has 0 heterocycles. The van der Waals surface area contributed by atoms with Crippen LogP contribution in [-0.4, -0.2) is 6.54 Å². The lowest BCUT2D eigenvalue weighted by Crippen LogP contribution is -2.19. The maximum Gasteiger partial charge on any atom is 0.131 e. The molecule has 0 spiro atoms. The van der Waals surface area contributed by atoms with Crippen LogP contribution in [0.5, 0.6) is 11.5 Å². The maximum absolute atomic E-state index is 5.98. The summed E-state index contributed by atoms with van der Waals surface area (Å²) < 4.78 is 5.98. The molecule has 0 amide bonds. The fourth-order valence-electron chi connectivity index (χ4n) is 2.07. The van der Waals surface area contributed by atoms with E-state index in [9.17, 15) is 0 Å². The van der Waals surface area contributed by atoms with Crippen LogP contribution in [0.3, 0.4) is 0 Å². The average Bonchev–Trinajstić information content (AvgIpc) is 2.43. The van der Waals surface area contributed by atoms with Crippen LogP contribution in [0.25, 0.3) is 0 Å². The molecular formula is C18H22ClNO. The standard InChI is InChI=1S/C18H22ClNO/c1-13(2)11-20-12-15-10-14(3)4-9-18(15)21-17-7-5-16(19)6-8-17/h4-10,13,20H,11-12H2,1-3H3. The maximum atomic E-state index is 5.98. The van der Waals surface area contributed by atoms with Crippen molar-refractivity contribution in [3.8, 4) is 11.5 Å². The molecule has 0 aliphatic heterocycles. The zero-order chi connectivity index (χ0) is 15.2. The molecule has 2 rings (SSSR count). The minimum atomic E-state index is 0.635. The zero-order valence-electron chi connectivity index (χ0n) is 12.8. The van der Waals surface area contributed by atoms with E-state index in [2.05, 4.69) is 38.2 Å². The SMILES string of the molecule is Cc1ccc(Oc2ccc(Cl)cc2)c(CNCC(C)C)c1. The van der Waals surface area contributed by atoms with Crippen LogP contribution in [-0.2, 0) is 6.54 Å². The highest BCUT2D eigenvalue weighted by molar-refractivity contribution is 6.30. The molecule has 0 aromatic heterocycles. The number of rotatable bonds is 6. The summed E-state index contributed by atoms with van der Waals surface area (Å²) in [4.78, 5) is 0. The van der Waals surface area contributed by atoms with Gasteiger partial charge in [-0.2, -0.15) is 0 Å². The van der Waals surface area contributed by atoms with Gasteiger partial charge in [0.05, 0.1) is 0 Å². The van der Waals surface area contributed by atoms with Gasteiger partial charge in [0.2, 0.25) is 0 Å². The summed E-state index contributed by atoms with van der Waals surface area (Å²) in [5, 5.41) is 4.18. The quantitative estimate of drug-likeness (QED) is 0.793. The molecule has 0 saturated carbocycles. The van der Waals surface area contributed by atoms with Crippen molar-refractivity contribution in [3.63, 3.8) is 0 Å². The van der Waals surface area contributed by atoms with Crippen molar-refractivity contribution in [3.05, 3.63) is 58.6 Å². The van der Waals surface area contributed by atoms with Gasteiger partial charge in [0, 0.05) is 17.1 Å². The number of benzene rings is 2. The van der Waals surface area contributed by atoms with Gasteiger partial charge >= 0.3 is 0 Å². The van der Waals surface area contributed by atoms with E-state index in [1.54, 1.807) is 0 Å². The fourth-order valence-corrected chi connectivity index (χ4v) is 2.20. The Hall–Kier alpha value is -1.51. The Bertz CT molecular complexity index is 578. The van der Waals surface area contributed by atoms with Gasteiger partial charge in [0.15, 0.2) is 0 Å². The highest BCUT2D eigenvalue weighted by Crippen LogP contribution is 2.27. The average molecular weight is 304 g/mol. The smallest absolute Gasteiger partial charge is 0.131 e. The van der Waals surface area contributed by atoms with Gasteiger partial charge in [-0.25, -0.2) is 0 Å². The third-order valence-corrected chi connectivity index (χ3v) is 3.38. The van der Waals surface area contributed by atoms with Crippen LogP contribution < -0.4 is 10.1 Å². The molecule has 2 aromatic carbocycles. The minimum absolute atomic E-state index is 0.635. The number of hydrogen-bond donors (Lipinski definition) is 1. The van der Waals surface area contributed by atoms with Crippen LogP contribution in [0.4, 0.5) is 0 Å². The van der Waals surface area contributed by atoms with E-state index in [4.69, 9.17) is 16.3 Å². The Morgan fingerprint density at radius 2 is 1.81 bits per heavy atom. The van der Waals surface area contributed by atoms with E-state index < -0.39 is 0 Å². The van der Waals surface area contributed by atoms with E-state index in [0.717, 1.165) is 24.6 Å². The summed E-state index contributed by atoms with van der Waals surface area (Å²) in [6, 6.07) is 13.7. The third-order valence-electron chi connectivity index (χ3n) is 3.13. The van der Waals surface area contributed by atoms with Crippen molar-refractivity contribution in [2.24, 2.45) is 5.92 Å². The van der Waals surface area contributed by atoms with Crippen molar-refractivity contribution in [2.75, 3.05) is 6.54 Å². The van der Waals surface area contributed by atoms with Crippen molar-refractivity contribution >= 4 is 11.6 Å². The molecule has 2 nitrogen and oxygen atoms in total. The van der Waals surface area contributed by atoms with Gasteiger partial charge in [-0.1, -0.05) is 43.1 Å². The number of hydrogen-bond acceptors (Lipinski definition) is 2. The second kappa shape index (κ2) is 7.48. The van der Waals surface area contributed by atoms with Gasteiger partial charge in [-0.3, -0.25) is 0 Å². The van der Waals surface area contributed by atoms with Crippen molar-refractivity contribution in [1.29, 1.82) is 0 Å². The predicted octanol–water partition coefficient (Wildman–Crippen LogP) is 5.19. The molecule has 21 heavy (non-hydrogen) atoms. The van der Waals surface area contributed by atoms with Gasteiger partial charge in [-0.05, 0) is 49.7 Å². The first-order valence-electron chi connectivity index (χ1n) is 7.28. The lowest BCUT2D eigenvalue weighted by atomic mass is 10.1. The third kappa shape index (κ3) is 5.07. The zero-order valence-corrected chi connectivity index (χ0v) is 13.6. The van der Waals surface area contributed by atoms with Crippen LogP contribution in [0.15, 0.2) is 42.5 Å². The topological polar surface area (TPSA) is 21.3 Å². The summed E-state index contributed by atoms with van der Waals surface area (Å²) in [7, 11) is 0. The van der Waals surface area contributed by atoms with Gasteiger partial charge in [0.25, 0.3) is 0 Å². The summed E-state index contributed by atoms with van der Waals surface area (Å²) >= 11 is 5.90. The molecule has 2 aromatic rings. The first kappa shape index (κ1) is 15.9. The van der Waals surface area contributed by atoms with Crippen molar-refractivity contribution in [2.45, 2.75) is 27.3 Å². The summed E-state index contributed by atoms with van der Waals surface area (Å²) in [5.74, 6) is 2.32. The predicted molar refractivity (Wildman–Crippen MR) is 89.2 cm³/mol. The number of nitrogens with one attached hydrogen (secondary N) is 1. The Kier molecular flexibility index (Phi) is 5.66. The van der Waals surface area contributed by atoms with Gasteiger partial charge in [-0.15, -0.1) is 0 Å². The highest BCUT2D eigenvalue weighted by atomic mass is 35.5. The van der Waals surface area contributed by atoms with E-state index in [1.165, 1.54) is 11.1 Å². The number of halogens is 1. The van der Waals surface area contributed by atoms with Gasteiger partial charge in [0.1, 0.15) is 11.5 Å². The molecule has 3 heteroatoms. The van der Waals surface area contributed by atoms with Crippen LogP contribution in [0.2, 0.25) is 5.02 Å². The molecule has 112 valence electrons. The number of aryl methyl sites for hydroxylation is 1. The molecular weight excluding hydrogens is 282 g/mol. The Morgan fingerprint density at radius 3 is 2.48 bits per heavy atom. The molecule has 0 bridgehead atoms. The monoisotopic (exact) mass is 303 g/mol. The summed E-state index contributed by atoms with van der Waals surface area (Å²) in [5.41, 5.74) is 2.41. The Morgan fingerprint density at radius 1 is 1.10 bits per heavy atom. The molecule has 0 fully saturated rings. The summed E-state index contributed by atoms with van der Waals surface area (Å²) in [6.07, 6.45) is 0. The van der Waals surface area contributed by atoms with E-state index in [1.807, 2.05) is 30.3 Å². The first-order chi connectivity index (χ1) is 10.0. The molecule has 0 saturated heterocycles. The molecule has 0 radical (unpaired) electrons. The normalized spacial score (nSPS) is 10.9. The lowest BCUT2D eigenvalue weighted by molar-refractivity contribution is 0.469.